The van der Waals surface area contributed by atoms with Crippen molar-refractivity contribution in [2.45, 2.75) is 17.9 Å². The monoisotopic (exact) mass is 359 g/mol. The smallest absolute Gasteiger partial charge is 0.247 e. The van der Waals surface area contributed by atoms with Gasteiger partial charge in [0.2, 0.25) is 15.9 Å². The zero-order chi connectivity index (χ0) is 18.0. The summed E-state index contributed by atoms with van der Waals surface area (Å²) in [6, 6.07) is 10.3. The van der Waals surface area contributed by atoms with E-state index in [1.807, 2.05) is 13.0 Å². The highest BCUT2D eigenvalue weighted by atomic mass is 32.2. The second-order valence-corrected chi connectivity index (χ2v) is 7.59. The summed E-state index contributed by atoms with van der Waals surface area (Å²) in [6.45, 7) is 2.21. The lowest BCUT2D eigenvalue weighted by Gasteiger charge is -2.37. The number of sulfonamides is 1. The maximum absolute atomic E-state index is 12.8. The zero-order valence-electron chi connectivity index (χ0n) is 13.8. The summed E-state index contributed by atoms with van der Waals surface area (Å²) in [5.41, 5.74) is 1.16. The molecule has 0 aliphatic carbocycles. The van der Waals surface area contributed by atoms with Crippen LogP contribution in [0.3, 0.4) is 0 Å². The first-order valence-electron chi connectivity index (χ1n) is 7.62. The van der Waals surface area contributed by atoms with E-state index in [0.717, 1.165) is 5.56 Å². The van der Waals surface area contributed by atoms with Crippen LogP contribution in [0.25, 0.3) is 0 Å². The number of pyridine rings is 1. The summed E-state index contributed by atoms with van der Waals surface area (Å²) in [5, 5.41) is 9.05. The van der Waals surface area contributed by atoms with E-state index in [1.54, 1.807) is 30.3 Å². The minimum atomic E-state index is -3.67. The molecule has 0 spiro atoms. The molecule has 2 heterocycles. The van der Waals surface area contributed by atoms with Crippen molar-refractivity contribution in [1.29, 1.82) is 5.26 Å². The van der Waals surface area contributed by atoms with E-state index in [9.17, 15) is 8.42 Å². The highest BCUT2D eigenvalue weighted by Gasteiger charge is 2.40. The fourth-order valence-electron chi connectivity index (χ4n) is 2.52. The van der Waals surface area contributed by atoms with E-state index in [2.05, 4.69) is 4.98 Å². The summed E-state index contributed by atoms with van der Waals surface area (Å²) >= 11 is 0. The molecule has 1 fully saturated rings. The van der Waals surface area contributed by atoms with Crippen LogP contribution in [0.5, 0.6) is 11.6 Å². The molecule has 8 heteroatoms. The van der Waals surface area contributed by atoms with E-state index in [1.165, 1.54) is 17.6 Å². The van der Waals surface area contributed by atoms with E-state index in [-0.39, 0.29) is 30.0 Å². The first-order chi connectivity index (χ1) is 12.0. The van der Waals surface area contributed by atoms with Crippen molar-refractivity contribution in [3.05, 3.63) is 47.7 Å². The number of aromatic nitrogens is 1. The van der Waals surface area contributed by atoms with Crippen molar-refractivity contribution in [3.63, 3.8) is 0 Å². The maximum Gasteiger partial charge on any atom is 0.247 e. The van der Waals surface area contributed by atoms with Crippen molar-refractivity contribution in [3.8, 4) is 17.7 Å². The van der Waals surface area contributed by atoms with Crippen LogP contribution in [-0.4, -0.2) is 44.0 Å². The molecule has 7 nitrogen and oxygen atoms in total. The van der Waals surface area contributed by atoms with Crippen LogP contribution in [0, 0.1) is 18.3 Å². The van der Waals surface area contributed by atoms with Gasteiger partial charge in [-0.25, -0.2) is 13.4 Å². The number of aryl methyl sites for hydroxylation is 1. The Morgan fingerprint density at radius 2 is 2.08 bits per heavy atom. The first kappa shape index (κ1) is 17.2. The Balaban J connectivity index is 1.74. The largest absolute Gasteiger partial charge is 0.495 e. The molecule has 3 rings (SSSR count). The van der Waals surface area contributed by atoms with Crippen LogP contribution in [0.15, 0.2) is 41.4 Å². The van der Waals surface area contributed by atoms with Gasteiger partial charge in [0.05, 0.1) is 20.2 Å². The molecular weight excluding hydrogens is 342 g/mol. The molecular formula is C17H17N3O4S. The van der Waals surface area contributed by atoms with E-state index < -0.39 is 10.0 Å². The summed E-state index contributed by atoms with van der Waals surface area (Å²) in [4.78, 5) is 4.17. The minimum absolute atomic E-state index is 0.143. The van der Waals surface area contributed by atoms with Gasteiger partial charge in [0.15, 0.2) is 0 Å². The quantitative estimate of drug-likeness (QED) is 0.807. The molecule has 1 saturated heterocycles. The number of methoxy groups -OCH3 is 1. The normalized spacial score (nSPS) is 15.2. The Bertz CT molecular complexity index is 931. The summed E-state index contributed by atoms with van der Waals surface area (Å²) in [5.74, 6) is 0.534. The molecule has 0 saturated carbocycles. The topological polar surface area (TPSA) is 92.5 Å². The summed E-state index contributed by atoms with van der Waals surface area (Å²) in [7, 11) is -2.22. The van der Waals surface area contributed by atoms with Crippen LogP contribution >= 0.6 is 0 Å². The van der Waals surface area contributed by atoms with Crippen molar-refractivity contribution in [1.82, 2.24) is 9.29 Å². The van der Waals surface area contributed by atoms with Crippen LogP contribution < -0.4 is 9.47 Å². The first-order valence-corrected chi connectivity index (χ1v) is 9.06. The van der Waals surface area contributed by atoms with Crippen LogP contribution in [-0.2, 0) is 10.0 Å². The van der Waals surface area contributed by atoms with Crippen LogP contribution in [0.4, 0.5) is 0 Å². The molecule has 0 bridgehead atoms. The zero-order valence-corrected chi connectivity index (χ0v) is 14.7. The molecule has 0 amide bonds. The molecule has 1 aliphatic rings. The molecule has 1 aromatic carbocycles. The Morgan fingerprint density at radius 3 is 2.76 bits per heavy atom. The number of rotatable bonds is 5. The van der Waals surface area contributed by atoms with Crippen LogP contribution in [0.2, 0.25) is 0 Å². The molecule has 0 N–H and O–H groups in total. The highest BCUT2D eigenvalue weighted by Crippen LogP contribution is 2.31. The molecule has 1 aromatic heterocycles. The van der Waals surface area contributed by atoms with Crippen molar-refractivity contribution < 1.29 is 17.9 Å². The third kappa shape index (κ3) is 3.29. The fraction of sp³-hybridized carbons (Fsp3) is 0.294. The Labute approximate surface area is 146 Å². The highest BCUT2D eigenvalue weighted by molar-refractivity contribution is 7.89. The molecule has 1 aliphatic heterocycles. The second-order valence-electron chi connectivity index (χ2n) is 5.68. The summed E-state index contributed by atoms with van der Waals surface area (Å²) in [6.07, 6.45) is 1.19. The second kappa shape index (κ2) is 6.70. The lowest BCUT2D eigenvalue weighted by Crippen LogP contribution is -2.56. The third-order valence-corrected chi connectivity index (χ3v) is 5.77. The SMILES string of the molecule is COc1ccc(C)cc1S(=O)(=O)N1CC(Oc2ncccc2C#N)C1. The standard InChI is InChI=1S/C17H17N3O4S/c1-12-5-6-15(23-2)16(8-12)25(21,22)20-10-14(11-20)24-17-13(9-18)4-3-7-19-17/h3-8,14H,10-11H2,1-2H3. The van der Waals surface area contributed by atoms with Gasteiger partial charge in [-0.3, -0.25) is 0 Å². The molecule has 130 valence electrons. The maximum atomic E-state index is 12.8. The van der Waals surface area contributed by atoms with Gasteiger partial charge in [-0.15, -0.1) is 0 Å². The van der Waals surface area contributed by atoms with Gasteiger partial charge in [0, 0.05) is 6.20 Å². The molecule has 0 radical (unpaired) electrons. The molecule has 2 aromatic rings. The summed E-state index contributed by atoms with van der Waals surface area (Å²) < 4.78 is 37.7. The molecule has 0 atom stereocenters. The average Bonchev–Trinajstić information content (AvgIpc) is 2.57. The average molecular weight is 359 g/mol. The predicted molar refractivity (Wildman–Crippen MR) is 89.9 cm³/mol. The van der Waals surface area contributed by atoms with Crippen molar-refractivity contribution >= 4 is 10.0 Å². The van der Waals surface area contributed by atoms with Gasteiger partial charge in [-0.2, -0.15) is 9.57 Å². The number of hydrogen-bond acceptors (Lipinski definition) is 6. The van der Waals surface area contributed by atoms with Gasteiger partial charge in [-0.05, 0) is 36.8 Å². The number of benzene rings is 1. The fourth-order valence-corrected chi connectivity index (χ4v) is 4.27. The number of nitriles is 1. The minimum Gasteiger partial charge on any atom is -0.495 e. The number of ether oxygens (including phenoxy) is 2. The van der Waals surface area contributed by atoms with Gasteiger partial charge in [0.25, 0.3) is 0 Å². The van der Waals surface area contributed by atoms with Gasteiger partial charge < -0.3 is 9.47 Å². The van der Waals surface area contributed by atoms with E-state index >= 15 is 0 Å². The Kier molecular flexibility index (Phi) is 4.61. The third-order valence-electron chi connectivity index (χ3n) is 3.92. The molecule has 0 unspecified atom stereocenters. The Hall–Kier alpha value is -2.63. The van der Waals surface area contributed by atoms with Crippen molar-refractivity contribution in [2.75, 3.05) is 20.2 Å². The lowest BCUT2D eigenvalue weighted by molar-refractivity contribution is 0.0717. The van der Waals surface area contributed by atoms with E-state index in [4.69, 9.17) is 14.7 Å². The van der Waals surface area contributed by atoms with E-state index in [0.29, 0.717) is 11.3 Å². The number of hydrogen-bond donors (Lipinski definition) is 0. The predicted octanol–water partition coefficient (Wildman–Crippen LogP) is 1.72. The Morgan fingerprint density at radius 1 is 1.32 bits per heavy atom. The molecule has 25 heavy (non-hydrogen) atoms. The van der Waals surface area contributed by atoms with Gasteiger partial charge in [-0.1, -0.05) is 6.07 Å². The van der Waals surface area contributed by atoms with Gasteiger partial charge in [0.1, 0.15) is 28.4 Å². The lowest BCUT2D eigenvalue weighted by atomic mass is 10.2. The van der Waals surface area contributed by atoms with Gasteiger partial charge >= 0.3 is 0 Å². The van der Waals surface area contributed by atoms with Crippen LogP contribution in [0.1, 0.15) is 11.1 Å². The number of nitrogens with zero attached hydrogens (tertiary/aromatic N) is 3. The van der Waals surface area contributed by atoms with Crippen molar-refractivity contribution in [2.24, 2.45) is 0 Å².